The molecular formula is C92H58N6O2. The van der Waals surface area contributed by atoms with Crippen LogP contribution in [0.25, 0.3) is 189 Å². The topological polar surface area (TPSA) is 104 Å². The van der Waals surface area contributed by atoms with Crippen LogP contribution in [0.3, 0.4) is 0 Å². The molecule has 0 N–H and O–H groups in total. The fraction of sp³-hybridized carbons (Fsp3) is 0. The molecule has 0 aliphatic carbocycles. The van der Waals surface area contributed by atoms with Crippen molar-refractivity contribution < 1.29 is 8.83 Å². The molecule has 468 valence electrons. The average Bonchev–Trinajstić information content (AvgIpc) is 1.55. The Bertz CT molecular complexity index is 6150. The minimum Gasteiger partial charge on any atom is -0.455 e. The van der Waals surface area contributed by atoms with Crippen LogP contribution in [-0.2, 0) is 0 Å². The predicted molar refractivity (Wildman–Crippen MR) is 409 cm³/mol. The van der Waals surface area contributed by atoms with Crippen molar-refractivity contribution in [2.45, 2.75) is 0 Å². The molecule has 0 aliphatic heterocycles. The lowest BCUT2D eigenvalue weighted by Gasteiger charge is -2.11. The van der Waals surface area contributed by atoms with Crippen LogP contribution in [-0.4, -0.2) is 29.9 Å². The Labute approximate surface area is 576 Å². The van der Waals surface area contributed by atoms with E-state index in [1.807, 2.05) is 97.1 Å². The fourth-order valence-electron chi connectivity index (χ4n) is 13.6. The zero-order valence-electron chi connectivity index (χ0n) is 54.0. The largest absolute Gasteiger partial charge is 0.455 e. The molecule has 0 bridgehead atoms. The summed E-state index contributed by atoms with van der Waals surface area (Å²) in [6.45, 7) is 0. The van der Waals surface area contributed by atoms with Gasteiger partial charge >= 0.3 is 0 Å². The van der Waals surface area contributed by atoms with Crippen LogP contribution in [0.2, 0.25) is 0 Å². The van der Waals surface area contributed by atoms with Gasteiger partial charge in [0.15, 0.2) is 11.6 Å². The smallest absolute Gasteiger partial charge is 0.160 e. The minimum atomic E-state index is 0.666. The number of furan rings is 2. The number of benzene rings is 13. The van der Waals surface area contributed by atoms with Crippen LogP contribution in [0.15, 0.2) is 361 Å². The number of hydrogen-bond donors (Lipinski definition) is 0. The van der Waals surface area contributed by atoms with E-state index in [2.05, 4.69) is 255 Å². The molecular weight excluding hydrogens is 1220 g/mol. The van der Waals surface area contributed by atoms with Crippen LogP contribution in [0.1, 0.15) is 0 Å². The molecule has 0 amide bonds. The molecule has 13 aromatic carbocycles. The number of para-hydroxylation sites is 2. The maximum Gasteiger partial charge on any atom is 0.160 e. The molecule has 100 heavy (non-hydrogen) atoms. The number of fused-ring (bicyclic) bond motifs is 10. The van der Waals surface area contributed by atoms with Crippen molar-refractivity contribution in [2.24, 2.45) is 0 Å². The monoisotopic (exact) mass is 1280 g/mol. The van der Waals surface area contributed by atoms with E-state index in [9.17, 15) is 0 Å². The number of aromatic nitrogens is 6. The van der Waals surface area contributed by atoms with Crippen molar-refractivity contribution in [3.05, 3.63) is 352 Å². The maximum absolute atomic E-state index is 6.59. The third-order valence-electron chi connectivity index (χ3n) is 18.6. The molecule has 0 unspecified atom stereocenters. The number of rotatable bonds is 11. The van der Waals surface area contributed by atoms with E-state index in [1.54, 1.807) is 0 Å². The van der Waals surface area contributed by atoms with Crippen LogP contribution >= 0.6 is 0 Å². The van der Waals surface area contributed by atoms with Gasteiger partial charge in [0.05, 0.1) is 56.0 Å². The van der Waals surface area contributed by atoms with Gasteiger partial charge < -0.3 is 8.83 Å². The van der Waals surface area contributed by atoms with Crippen LogP contribution in [0, 0.1) is 0 Å². The summed E-state index contributed by atoms with van der Waals surface area (Å²) in [5.74, 6) is 1.34. The summed E-state index contributed by atoms with van der Waals surface area (Å²) in [5.41, 5.74) is 25.4. The first-order valence-corrected chi connectivity index (χ1v) is 33.5. The van der Waals surface area contributed by atoms with Gasteiger partial charge in [0.1, 0.15) is 22.3 Å². The summed E-state index contributed by atoms with van der Waals surface area (Å²) in [5, 5.41) is 6.11. The van der Waals surface area contributed by atoms with Crippen molar-refractivity contribution in [3.63, 3.8) is 0 Å². The van der Waals surface area contributed by atoms with Crippen LogP contribution in [0.4, 0.5) is 0 Å². The Morgan fingerprint density at radius 3 is 0.800 bits per heavy atom. The van der Waals surface area contributed by atoms with Crippen molar-refractivity contribution in [2.75, 3.05) is 0 Å². The number of nitrogens with zero attached hydrogens (tertiary/aromatic N) is 6. The van der Waals surface area contributed by atoms with E-state index in [0.717, 1.165) is 167 Å². The molecule has 0 spiro atoms. The van der Waals surface area contributed by atoms with Crippen LogP contribution in [0.5, 0.6) is 0 Å². The van der Waals surface area contributed by atoms with E-state index in [1.165, 1.54) is 11.1 Å². The molecule has 8 nitrogen and oxygen atoms in total. The van der Waals surface area contributed by atoms with Gasteiger partial charge in [-0.05, 0) is 81.9 Å². The van der Waals surface area contributed by atoms with Gasteiger partial charge in [-0.25, -0.2) is 29.9 Å². The highest BCUT2D eigenvalue weighted by Gasteiger charge is 2.22. The van der Waals surface area contributed by atoms with Gasteiger partial charge in [-0.1, -0.05) is 303 Å². The fourth-order valence-corrected chi connectivity index (χ4v) is 13.6. The average molecular weight is 1280 g/mol. The summed E-state index contributed by atoms with van der Waals surface area (Å²) >= 11 is 0. The Balaban J connectivity index is 0.000000145. The highest BCUT2D eigenvalue weighted by atomic mass is 16.3. The Morgan fingerprint density at radius 2 is 0.440 bits per heavy atom. The molecule has 0 saturated carbocycles. The van der Waals surface area contributed by atoms with E-state index in [0.29, 0.717) is 11.6 Å². The first-order chi connectivity index (χ1) is 49.5. The second kappa shape index (κ2) is 25.5. The van der Waals surface area contributed by atoms with Crippen molar-refractivity contribution in [1.82, 2.24) is 29.9 Å². The molecule has 8 heteroatoms. The standard InChI is InChI=1S/C49H31N3O.C43H27N3O/c1-4-12-32(13-5-1)34-20-22-36(23-21-34)44-31-43(35-16-8-3-9-17-35)51-49(52-44)38-26-24-37(25-27-38)47-46-40-18-10-11-19-45(40)53-48(46)41-30-39(28-29-42(41)50-47)33-14-6-2-7-15-33;1-4-12-28(13-5-1)33-24-25-36-35(26-33)42-40(34-18-10-11-19-39(34)47-42)41(44-36)31-20-22-32(23-21-31)43-45-37(29-14-6-2-7-15-29)27-38(46-43)30-16-8-3-9-17-30/h1-31H;1-27H. The van der Waals surface area contributed by atoms with Gasteiger partial charge in [-0.2, -0.15) is 0 Å². The lowest BCUT2D eigenvalue weighted by Crippen LogP contribution is -1.96. The van der Waals surface area contributed by atoms with Gasteiger partial charge in [-0.3, -0.25) is 0 Å². The summed E-state index contributed by atoms with van der Waals surface area (Å²) in [6, 6.07) is 121. The van der Waals surface area contributed by atoms with E-state index >= 15 is 0 Å². The summed E-state index contributed by atoms with van der Waals surface area (Å²) in [6.07, 6.45) is 0. The third-order valence-corrected chi connectivity index (χ3v) is 18.6. The summed E-state index contributed by atoms with van der Waals surface area (Å²) in [4.78, 5) is 30.8. The van der Waals surface area contributed by atoms with E-state index in [-0.39, 0.29) is 0 Å². The lowest BCUT2D eigenvalue weighted by molar-refractivity contribution is 0.672. The van der Waals surface area contributed by atoms with Gasteiger partial charge in [0.25, 0.3) is 0 Å². The first kappa shape index (κ1) is 59.0. The molecule has 6 heterocycles. The first-order valence-electron chi connectivity index (χ1n) is 33.5. The Kier molecular flexibility index (Phi) is 15.1. The highest BCUT2D eigenvalue weighted by Crippen LogP contribution is 2.44. The maximum atomic E-state index is 6.59. The van der Waals surface area contributed by atoms with Gasteiger partial charge in [-0.15, -0.1) is 0 Å². The second-order valence-electron chi connectivity index (χ2n) is 24.8. The van der Waals surface area contributed by atoms with Gasteiger partial charge in [0, 0.05) is 66.1 Å². The zero-order valence-corrected chi connectivity index (χ0v) is 54.0. The molecule has 6 aromatic heterocycles. The quantitative estimate of drug-likeness (QED) is 0.126. The minimum absolute atomic E-state index is 0.666. The number of hydrogen-bond acceptors (Lipinski definition) is 8. The second-order valence-corrected chi connectivity index (χ2v) is 24.8. The van der Waals surface area contributed by atoms with Crippen molar-refractivity contribution >= 4 is 65.7 Å². The summed E-state index contributed by atoms with van der Waals surface area (Å²) in [7, 11) is 0. The van der Waals surface area contributed by atoms with Crippen molar-refractivity contribution in [3.8, 4) is 124 Å². The molecule has 0 saturated heterocycles. The molecule has 19 aromatic rings. The number of pyridine rings is 2. The molecule has 19 rings (SSSR count). The zero-order chi connectivity index (χ0) is 66.3. The Hall–Kier alpha value is -13.6. The molecule has 0 fully saturated rings. The lowest BCUT2D eigenvalue weighted by atomic mass is 9.99. The Morgan fingerprint density at radius 1 is 0.180 bits per heavy atom. The van der Waals surface area contributed by atoms with Crippen molar-refractivity contribution in [1.29, 1.82) is 0 Å². The predicted octanol–water partition coefficient (Wildman–Crippen LogP) is 24.2. The molecule has 0 radical (unpaired) electrons. The normalized spacial score (nSPS) is 11.4. The highest BCUT2D eigenvalue weighted by molar-refractivity contribution is 6.21. The molecule has 0 aliphatic rings. The molecule has 0 atom stereocenters. The van der Waals surface area contributed by atoms with E-state index in [4.69, 9.17) is 38.7 Å². The summed E-state index contributed by atoms with van der Waals surface area (Å²) < 4.78 is 13.2. The van der Waals surface area contributed by atoms with Crippen LogP contribution < -0.4 is 0 Å². The SMILES string of the molecule is c1ccc(-c2ccc(-c3cc(-c4ccccc4)nc(-c4ccc(-c5nc6ccc(-c7ccccc7)cc6c6oc7ccccc7c56)cc4)n3)cc2)cc1.c1ccc(-c2ccc3nc(-c4ccc(-c5nc(-c6ccccc6)cc(-c6ccccc6)n5)cc4)c4c5ccccc5oc4c3c2)cc1. The van der Waals surface area contributed by atoms with Gasteiger partial charge in [0.2, 0.25) is 0 Å². The van der Waals surface area contributed by atoms with E-state index < -0.39 is 0 Å². The third kappa shape index (κ3) is 11.3.